The second-order valence-corrected chi connectivity index (χ2v) is 5.76. The summed E-state index contributed by atoms with van der Waals surface area (Å²) in [4.78, 5) is 10.7. The molecular formula is C18H29NO2. The van der Waals surface area contributed by atoms with Crippen LogP contribution in [0.1, 0.15) is 70.4 Å². The maximum Gasteiger partial charge on any atom is 0.186 e. The van der Waals surface area contributed by atoms with Crippen molar-refractivity contribution in [2.24, 2.45) is 0 Å². The van der Waals surface area contributed by atoms with Crippen LogP contribution in [-0.4, -0.2) is 5.97 Å². The molecule has 0 atom stereocenters. The van der Waals surface area contributed by atoms with Gasteiger partial charge in [0.2, 0.25) is 0 Å². The highest BCUT2D eigenvalue weighted by Gasteiger charge is 2.08. The van der Waals surface area contributed by atoms with Gasteiger partial charge in [-0.3, -0.25) is 0 Å². The van der Waals surface area contributed by atoms with Gasteiger partial charge in [-0.1, -0.05) is 57.9 Å². The van der Waals surface area contributed by atoms with E-state index in [0.29, 0.717) is 0 Å². The lowest BCUT2D eigenvalue weighted by atomic mass is 10.1. The van der Waals surface area contributed by atoms with E-state index in [0.717, 1.165) is 18.7 Å². The number of hydrogen-bond acceptors (Lipinski definition) is 2. The molecule has 3 heteroatoms. The van der Waals surface area contributed by atoms with Crippen molar-refractivity contribution < 1.29 is 14.5 Å². The molecule has 21 heavy (non-hydrogen) atoms. The number of hydrogen-bond donors (Lipinski definition) is 0. The molecular weight excluding hydrogens is 262 g/mol. The highest BCUT2D eigenvalue weighted by atomic mass is 16.4. The van der Waals surface area contributed by atoms with Crippen molar-refractivity contribution in [2.75, 3.05) is 0 Å². The normalized spacial score (nSPS) is 10.7. The molecule has 1 aromatic heterocycles. The average molecular weight is 291 g/mol. The van der Waals surface area contributed by atoms with Gasteiger partial charge in [0.15, 0.2) is 11.9 Å². The van der Waals surface area contributed by atoms with Gasteiger partial charge in [-0.05, 0) is 6.42 Å². The maximum absolute atomic E-state index is 10.7. The summed E-state index contributed by atoms with van der Waals surface area (Å²) in [6, 6.07) is 5.70. The van der Waals surface area contributed by atoms with Crippen molar-refractivity contribution in [3.05, 3.63) is 30.1 Å². The van der Waals surface area contributed by atoms with E-state index < -0.39 is 5.97 Å². The minimum atomic E-state index is -1.01. The minimum absolute atomic E-state index is 0.00172. The van der Waals surface area contributed by atoms with E-state index in [4.69, 9.17) is 0 Å². The number of pyridine rings is 1. The van der Waals surface area contributed by atoms with Gasteiger partial charge >= 0.3 is 0 Å². The van der Waals surface area contributed by atoms with E-state index in [9.17, 15) is 9.90 Å². The summed E-state index contributed by atoms with van der Waals surface area (Å²) < 4.78 is 2.04. The fourth-order valence-electron chi connectivity index (χ4n) is 2.63. The van der Waals surface area contributed by atoms with E-state index in [-0.39, 0.29) is 6.42 Å². The lowest BCUT2D eigenvalue weighted by molar-refractivity contribution is -0.704. The largest absolute Gasteiger partial charge is 0.550 e. The Kier molecular flexibility index (Phi) is 9.51. The van der Waals surface area contributed by atoms with Gasteiger partial charge in [0.25, 0.3) is 0 Å². The van der Waals surface area contributed by atoms with Gasteiger partial charge in [0, 0.05) is 18.6 Å². The van der Waals surface area contributed by atoms with Gasteiger partial charge in [-0.15, -0.1) is 0 Å². The Morgan fingerprint density at radius 3 is 2.24 bits per heavy atom. The summed E-state index contributed by atoms with van der Waals surface area (Å²) in [6.07, 6.45) is 13.7. The molecule has 0 N–H and O–H groups in total. The Balaban J connectivity index is 2.14. The first-order chi connectivity index (χ1) is 10.2. The van der Waals surface area contributed by atoms with E-state index >= 15 is 0 Å². The predicted molar refractivity (Wildman–Crippen MR) is 82.6 cm³/mol. The molecule has 0 saturated heterocycles. The van der Waals surface area contributed by atoms with Crippen molar-refractivity contribution in [1.29, 1.82) is 0 Å². The molecule has 0 amide bonds. The Labute approximate surface area is 129 Å². The Bertz CT molecular complexity index is 404. The van der Waals surface area contributed by atoms with Crippen LogP contribution in [0.2, 0.25) is 0 Å². The highest BCUT2D eigenvalue weighted by Crippen LogP contribution is 2.09. The smallest absolute Gasteiger partial charge is 0.186 e. The summed E-state index contributed by atoms with van der Waals surface area (Å²) >= 11 is 0. The molecule has 1 heterocycles. The SMILES string of the molecule is CCCCCCCCCCC[n+]1ccccc1CC(=O)[O-]. The maximum atomic E-state index is 10.7. The van der Waals surface area contributed by atoms with Gasteiger partial charge in [-0.25, -0.2) is 4.57 Å². The first-order valence-corrected chi connectivity index (χ1v) is 8.41. The molecule has 0 bridgehead atoms. The lowest BCUT2D eigenvalue weighted by Gasteiger charge is -2.05. The number of aryl methyl sites for hydroxylation is 1. The third-order valence-electron chi connectivity index (χ3n) is 3.86. The minimum Gasteiger partial charge on any atom is -0.550 e. The van der Waals surface area contributed by atoms with Crippen LogP contribution in [-0.2, 0) is 17.8 Å². The Morgan fingerprint density at radius 1 is 1.00 bits per heavy atom. The molecule has 0 spiro atoms. The molecule has 1 rings (SSSR count). The molecule has 0 unspecified atom stereocenters. The number of nitrogens with zero attached hydrogens (tertiary/aromatic N) is 1. The van der Waals surface area contributed by atoms with E-state index in [1.807, 2.05) is 29.0 Å². The number of aromatic nitrogens is 1. The summed E-state index contributed by atoms with van der Waals surface area (Å²) in [5.41, 5.74) is 0.831. The van der Waals surface area contributed by atoms with Gasteiger partial charge in [0.1, 0.15) is 6.54 Å². The van der Waals surface area contributed by atoms with Crippen molar-refractivity contribution in [3.63, 3.8) is 0 Å². The molecule has 0 aliphatic rings. The van der Waals surface area contributed by atoms with Crippen LogP contribution in [0.25, 0.3) is 0 Å². The summed E-state index contributed by atoms with van der Waals surface area (Å²) in [5, 5.41) is 10.7. The van der Waals surface area contributed by atoms with Crippen molar-refractivity contribution in [3.8, 4) is 0 Å². The van der Waals surface area contributed by atoms with Crippen molar-refractivity contribution >= 4 is 5.97 Å². The number of carbonyl (C=O) groups is 1. The van der Waals surface area contributed by atoms with Crippen LogP contribution in [0.15, 0.2) is 24.4 Å². The Morgan fingerprint density at radius 2 is 1.62 bits per heavy atom. The van der Waals surface area contributed by atoms with Crippen LogP contribution in [0.5, 0.6) is 0 Å². The molecule has 0 aliphatic carbocycles. The van der Waals surface area contributed by atoms with Gasteiger partial charge < -0.3 is 9.90 Å². The molecule has 0 radical (unpaired) electrons. The molecule has 0 aromatic carbocycles. The van der Waals surface area contributed by atoms with Crippen molar-refractivity contribution in [2.45, 2.75) is 77.7 Å². The standard InChI is InChI=1S/C18H29NO2/c1-2-3-4-5-6-7-8-9-11-14-19-15-12-10-13-17(19)16-18(20)21/h10,12-13,15H,2-9,11,14,16H2,1H3. The topological polar surface area (TPSA) is 44.0 Å². The van der Waals surface area contributed by atoms with Crippen LogP contribution < -0.4 is 9.67 Å². The molecule has 0 aliphatic heterocycles. The van der Waals surface area contributed by atoms with E-state index in [1.165, 1.54) is 51.4 Å². The summed E-state index contributed by atoms with van der Waals surface area (Å²) in [5.74, 6) is -1.01. The number of carbonyl (C=O) groups excluding carboxylic acids is 1. The van der Waals surface area contributed by atoms with E-state index in [2.05, 4.69) is 6.92 Å². The average Bonchev–Trinajstić information content (AvgIpc) is 2.46. The summed E-state index contributed by atoms with van der Waals surface area (Å²) in [6.45, 7) is 3.15. The van der Waals surface area contributed by atoms with E-state index in [1.54, 1.807) is 0 Å². The van der Waals surface area contributed by atoms with Crippen molar-refractivity contribution in [1.82, 2.24) is 0 Å². The molecule has 3 nitrogen and oxygen atoms in total. The quantitative estimate of drug-likeness (QED) is 0.439. The van der Waals surface area contributed by atoms with Crippen LogP contribution in [0, 0.1) is 0 Å². The van der Waals surface area contributed by atoms with Crippen LogP contribution >= 0.6 is 0 Å². The molecule has 118 valence electrons. The number of rotatable bonds is 12. The van der Waals surface area contributed by atoms with Crippen LogP contribution in [0.3, 0.4) is 0 Å². The van der Waals surface area contributed by atoms with Gasteiger partial charge in [0.05, 0.1) is 12.4 Å². The zero-order chi connectivity index (χ0) is 15.3. The number of carboxylic acid groups (broad SMARTS) is 1. The zero-order valence-corrected chi connectivity index (χ0v) is 13.4. The van der Waals surface area contributed by atoms with Gasteiger partial charge in [-0.2, -0.15) is 0 Å². The first-order valence-electron chi connectivity index (χ1n) is 8.41. The fourth-order valence-corrected chi connectivity index (χ4v) is 2.63. The zero-order valence-electron chi connectivity index (χ0n) is 13.4. The monoisotopic (exact) mass is 291 g/mol. The second kappa shape index (κ2) is 11.3. The Hall–Kier alpha value is -1.38. The lowest BCUT2D eigenvalue weighted by Crippen LogP contribution is -2.40. The second-order valence-electron chi connectivity index (χ2n) is 5.76. The third kappa shape index (κ3) is 8.49. The fraction of sp³-hybridized carbons (Fsp3) is 0.667. The highest BCUT2D eigenvalue weighted by molar-refractivity contribution is 5.66. The number of aliphatic carboxylic acids is 1. The van der Waals surface area contributed by atoms with Crippen LogP contribution in [0.4, 0.5) is 0 Å². The number of carboxylic acids is 1. The summed E-state index contributed by atoms with van der Waals surface area (Å²) in [7, 11) is 0. The first kappa shape index (κ1) is 17.7. The number of unbranched alkanes of at least 4 members (excludes halogenated alkanes) is 8. The predicted octanol–water partition coefficient (Wildman–Crippen LogP) is 2.80. The molecule has 1 aromatic rings. The molecule has 0 saturated carbocycles. The third-order valence-corrected chi connectivity index (χ3v) is 3.86. The molecule has 0 fully saturated rings.